The van der Waals surface area contributed by atoms with E-state index in [0.717, 1.165) is 24.2 Å². The van der Waals surface area contributed by atoms with Crippen molar-refractivity contribution in [2.75, 3.05) is 27.4 Å². The van der Waals surface area contributed by atoms with Gasteiger partial charge in [0.05, 0.1) is 20.8 Å². The first-order valence-corrected chi connectivity index (χ1v) is 9.06. The van der Waals surface area contributed by atoms with Gasteiger partial charge in [0.2, 0.25) is 5.91 Å². The van der Waals surface area contributed by atoms with Gasteiger partial charge in [0.15, 0.2) is 0 Å². The fraction of sp³-hybridized carbons (Fsp3) is 0.286. The van der Waals surface area contributed by atoms with Crippen LogP contribution < -0.4 is 19.5 Å². The summed E-state index contributed by atoms with van der Waals surface area (Å²) in [5, 5.41) is 3.54. The predicted octanol–water partition coefficient (Wildman–Crippen LogP) is 4.35. The van der Waals surface area contributed by atoms with E-state index in [1.165, 1.54) is 6.08 Å². The fourth-order valence-electron chi connectivity index (χ4n) is 2.35. The summed E-state index contributed by atoms with van der Waals surface area (Å²) in [6.45, 7) is 1.18. The second-order valence-corrected chi connectivity index (χ2v) is 6.18. The number of ether oxygens (including phenoxy) is 3. The van der Waals surface area contributed by atoms with E-state index < -0.39 is 0 Å². The highest BCUT2D eigenvalue weighted by molar-refractivity contribution is 6.30. The van der Waals surface area contributed by atoms with Gasteiger partial charge in [-0.25, -0.2) is 0 Å². The molecule has 0 atom stereocenters. The average Bonchev–Trinajstić information content (AvgIpc) is 2.70. The molecular weight excluding hydrogens is 366 g/mol. The summed E-state index contributed by atoms with van der Waals surface area (Å²) < 4.78 is 16.1. The third-order valence-corrected chi connectivity index (χ3v) is 4.06. The van der Waals surface area contributed by atoms with E-state index in [9.17, 15) is 4.79 Å². The van der Waals surface area contributed by atoms with Crippen LogP contribution in [0.25, 0.3) is 6.08 Å². The van der Waals surface area contributed by atoms with Crippen molar-refractivity contribution >= 4 is 23.6 Å². The topological polar surface area (TPSA) is 56.8 Å². The van der Waals surface area contributed by atoms with E-state index in [1.54, 1.807) is 38.5 Å². The van der Waals surface area contributed by atoms with Gasteiger partial charge < -0.3 is 19.5 Å². The highest BCUT2D eigenvalue weighted by atomic mass is 35.5. The second kappa shape index (κ2) is 11.1. The van der Waals surface area contributed by atoms with Crippen LogP contribution in [0.1, 0.15) is 18.4 Å². The smallest absolute Gasteiger partial charge is 0.244 e. The lowest BCUT2D eigenvalue weighted by atomic mass is 10.1. The van der Waals surface area contributed by atoms with Crippen LogP contribution in [-0.4, -0.2) is 33.3 Å². The maximum atomic E-state index is 11.9. The molecule has 0 spiro atoms. The lowest BCUT2D eigenvalue weighted by molar-refractivity contribution is -0.116. The molecule has 0 unspecified atom stereocenters. The Balaban J connectivity index is 1.68. The fourth-order valence-corrected chi connectivity index (χ4v) is 2.48. The van der Waals surface area contributed by atoms with E-state index in [4.69, 9.17) is 25.8 Å². The van der Waals surface area contributed by atoms with Crippen LogP contribution in [0.5, 0.6) is 17.2 Å². The summed E-state index contributed by atoms with van der Waals surface area (Å²) in [6, 6.07) is 12.7. The zero-order valence-corrected chi connectivity index (χ0v) is 16.3. The van der Waals surface area contributed by atoms with Crippen molar-refractivity contribution < 1.29 is 19.0 Å². The highest BCUT2D eigenvalue weighted by Crippen LogP contribution is 2.25. The molecule has 2 aromatic rings. The molecule has 0 saturated heterocycles. The number of carbonyl (C=O) groups excluding carboxylic acids is 1. The van der Waals surface area contributed by atoms with E-state index >= 15 is 0 Å². The number of hydrogen-bond donors (Lipinski definition) is 1. The van der Waals surface area contributed by atoms with Crippen LogP contribution in [0.2, 0.25) is 5.02 Å². The molecule has 5 nitrogen and oxygen atoms in total. The summed E-state index contributed by atoms with van der Waals surface area (Å²) in [4.78, 5) is 11.9. The van der Waals surface area contributed by atoms with Crippen molar-refractivity contribution in [3.8, 4) is 17.2 Å². The summed E-state index contributed by atoms with van der Waals surface area (Å²) in [5.41, 5.74) is 0.781. The molecule has 0 aliphatic carbocycles. The standard InChI is InChI=1S/C21H24ClNO4/c1-25-19-10-11-20(26-2)16(15-19)5-12-21(24)23-13-3-4-14-27-18-8-6-17(22)7-9-18/h5-12,15H,3-4,13-14H2,1-2H3,(H,23,24)/b12-5+. The molecule has 0 aliphatic rings. The number of amides is 1. The maximum absolute atomic E-state index is 11.9. The van der Waals surface area contributed by atoms with Crippen molar-refractivity contribution in [2.24, 2.45) is 0 Å². The minimum absolute atomic E-state index is 0.154. The Kier molecular flexibility index (Phi) is 8.52. The summed E-state index contributed by atoms with van der Waals surface area (Å²) in [7, 11) is 3.18. The molecule has 27 heavy (non-hydrogen) atoms. The van der Waals surface area contributed by atoms with Crippen molar-refractivity contribution in [3.05, 3.63) is 59.1 Å². The first kappa shape index (κ1) is 20.6. The number of nitrogens with one attached hydrogen (secondary N) is 1. The zero-order chi connectivity index (χ0) is 19.5. The van der Waals surface area contributed by atoms with Gasteiger partial charge in [0.25, 0.3) is 0 Å². The molecule has 0 aliphatic heterocycles. The van der Waals surface area contributed by atoms with Crippen LogP contribution in [0.3, 0.4) is 0 Å². The van der Waals surface area contributed by atoms with Crippen LogP contribution in [0.15, 0.2) is 48.5 Å². The van der Waals surface area contributed by atoms with Gasteiger partial charge in [-0.1, -0.05) is 11.6 Å². The van der Waals surface area contributed by atoms with E-state index in [0.29, 0.717) is 29.7 Å². The molecule has 1 N–H and O–H groups in total. The van der Waals surface area contributed by atoms with Crippen molar-refractivity contribution in [3.63, 3.8) is 0 Å². The summed E-state index contributed by atoms with van der Waals surface area (Å²) in [6.07, 6.45) is 4.87. The van der Waals surface area contributed by atoms with Gasteiger partial charge in [-0.15, -0.1) is 0 Å². The van der Waals surface area contributed by atoms with Crippen molar-refractivity contribution in [1.29, 1.82) is 0 Å². The predicted molar refractivity (Wildman–Crippen MR) is 108 cm³/mol. The first-order valence-electron chi connectivity index (χ1n) is 8.68. The molecule has 1 amide bonds. The first-order chi connectivity index (χ1) is 13.1. The number of unbranched alkanes of at least 4 members (excludes halogenated alkanes) is 1. The molecule has 0 saturated carbocycles. The Hall–Kier alpha value is -2.66. The molecule has 2 rings (SSSR count). The highest BCUT2D eigenvalue weighted by Gasteiger charge is 2.03. The lowest BCUT2D eigenvalue weighted by Gasteiger charge is -2.07. The second-order valence-electron chi connectivity index (χ2n) is 5.74. The van der Waals surface area contributed by atoms with Crippen molar-refractivity contribution in [2.45, 2.75) is 12.8 Å². The van der Waals surface area contributed by atoms with Gasteiger partial charge in [0, 0.05) is 23.2 Å². The average molecular weight is 390 g/mol. The third-order valence-electron chi connectivity index (χ3n) is 3.80. The minimum atomic E-state index is -0.154. The molecule has 0 heterocycles. The molecule has 6 heteroatoms. The van der Waals surface area contributed by atoms with Gasteiger partial charge in [0.1, 0.15) is 17.2 Å². The van der Waals surface area contributed by atoms with E-state index in [-0.39, 0.29) is 5.91 Å². The monoisotopic (exact) mass is 389 g/mol. The number of rotatable bonds is 10. The number of carbonyl (C=O) groups is 1. The Labute approximate surface area is 164 Å². The Morgan fingerprint density at radius 1 is 1.04 bits per heavy atom. The van der Waals surface area contributed by atoms with E-state index in [2.05, 4.69) is 5.32 Å². The van der Waals surface area contributed by atoms with E-state index in [1.807, 2.05) is 24.3 Å². The summed E-state index contributed by atoms with van der Waals surface area (Å²) in [5.74, 6) is 2.02. The van der Waals surface area contributed by atoms with Gasteiger partial charge in [-0.05, 0) is 61.4 Å². The van der Waals surface area contributed by atoms with Crippen LogP contribution in [0.4, 0.5) is 0 Å². The molecule has 2 aromatic carbocycles. The van der Waals surface area contributed by atoms with Crippen LogP contribution in [0, 0.1) is 0 Å². The normalized spacial score (nSPS) is 10.6. The quantitative estimate of drug-likeness (QED) is 0.485. The molecule has 0 bridgehead atoms. The lowest BCUT2D eigenvalue weighted by Crippen LogP contribution is -2.22. The molecule has 0 radical (unpaired) electrons. The third kappa shape index (κ3) is 7.23. The van der Waals surface area contributed by atoms with Gasteiger partial charge in [-0.3, -0.25) is 4.79 Å². The Morgan fingerprint density at radius 3 is 2.48 bits per heavy atom. The molecule has 0 aromatic heterocycles. The molecule has 144 valence electrons. The van der Waals surface area contributed by atoms with Gasteiger partial charge in [-0.2, -0.15) is 0 Å². The Morgan fingerprint density at radius 2 is 1.78 bits per heavy atom. The number of halogens is 1. The number of methoxy groups -OCH3 is 2. The van der Waals surface area contributed by atoms with Crippen molar-refractivity contribution in [1.82, 2.24) is 5.32 Å². The summed E-state index contributed by atoms with van der Waals surface area (Å²) >= 11 is 5.83. The van der Waals surface area contributed by atoms with Crippen LogP contribution in [-0.2, 0) is 4.79 Å². The molecular formula is C21H24ClNO4. The zero-order valence-electron chi connectivity index (χ0n) is 15.5. The molecule has 0 fully saturated rings. The SMILES string of the molecule is COc1ccc(OC)c(/C=C/C(=O)NCCCCOc2ccc(Cl)cc2)c1. The van der Waals surface area contributed by atoms with Gasteiger partial charge >= 0.3 is 0 Å². The number of benzene rings is 2. The number of hydrogen-bond acceptors (Lipinski definition) is 4. The van der Waals surface area contributed by atoms with Crippen LogP contribution >= 0.6 is 11.6 Å². The largest absolute Gasteiger partial charge is 0.497 e. The maximum Gasteiger partial charge on any atom is 0.244 e. The Bertz CT molecular complexity index is 759. The minimum Gasteiger partial charge on any atom is -0.497 e.